The van der Waals surface area contributed by atoms with Crippen molar-refractivity contribution < 1.29 is 5.11 Å². The maximum atomic E-state index is 9.60. The van der Waals surface area contributed by atoms with Gasteiger partial charge >= 0.3 is 0 Å². The van der Waals surface area contributed by atoms with Crippen LogP contribution in [0.2, 0.25) is 5.02 Å². The van der Waals surface area contributed by atoms with Crippen LogP contribution in [0.5, 0.6) is 5.75 Å². The number of halogens is 1. The number of aromatic hydroxyl groups is 1. The van der Waals surface area contributed by atoms with Crippen molar-refractivity contribution >= 4 is 17.2 Å². The van der Waals surface area contributed by atoms with Gasteiger partial charge in [-0.3, -0.25) is 0 Å². The lowest BCUT2D eigenvalue weighted by Crippen LogP contribution is -1.81. The van der Waals surface area contributed by atoms with E-state index in [0.717, 1.165) is 18.4 Å². The average molecular weight is 195 g/mol. The zero-order chi connectivity index (χ0) is 9.26. The van der Waals surface area contributed by atoms with E-state index < -0.39 is 0 Å². The van der Waals surface area contributed by atoms with E-state index in [1.807, 2.05) is 6.07 Å². The highest BCUT2D eigenvalue weighted by atomic mass is 35.5. The molecule has 0 bridgehead atoms. The SMILES string of the molecule is Oc1ccc(Cl)cc1C1=CCCC1. The molecule has 1 aromatic rings. The highest BCUT2D eigenvalue weighted by Gasteiger charge is 2.11. The van der Waals surface area contributed by atoms with Gasteiger partial charge in [-0.1, -0.05) is 17.7 Å². The Bertz CT molecular complexity index is 355. The van der Waals surface area contributed by atoms with Gasteiger partial charge < -0.3 is 5.11 Å². The Balaban J connectivity index is 2.43. The Morgan fingerprint density at radius 3 is 2.85 bits per heavy atom. The molecule has 0 aromatic heterocycles. The van der Waals surface area contributed by atoms with Crippen molar-refractivity contribution in [2.24, 2.45) is 0 Å². The highest BCUT2D eigenvalue weighted by Crippen LogP contribution is 2.34. The lowest BCUT2D eigenvalue weighted by atomic mass is 10.0. The average Bonchev–Trinajstić information content (AvgIpc) is 2.61. The van der Waals surface area contributed by atoms with Crippen LogP contribution in [0.3, 0.4) is 0 Å². The second kappa shape index (κ2) is 3.43. The number of phenolic OH excluding ortho intramolecular Hbond substituents is 1. The van der Waals surface area contributed by atoms with Crippen LogP contribution in [0, 0.1) is 0 Å². The topological polar surface area (TPSA) is 20.2 Å². The van der Waals surface area contributed by atoms with Gasteiger partial charge in [-0.25, -0.2) is 0 Å². The van der Waals surface area contributed by atoms with Gasteiger partial charge in [0.05, 0.1) is 0 Å². The number of phenols is 1. The Kier molecular flexibility index (Phi) is 2.28. The minimum Gasteiger partial charge on any atom is -0.507 e. The van der Waals surface area contributed by atoms with E-state index >= 15 is 0 Å². The summed E-state index contributed by atoms with van der Waals surface area (Å²) < 4.78 is 0. The van der Waals surface area contributed by atoms with Gasteiger partial charge in [0.15, 0.2) is 0 Å². The molecule has 1 N–H and O–H groups in total. The fourth-order valence-electron chi connectivity index (χ4n) is 1.68. The van der Waals surface area contributed by atoms with Crippen LogP contribution in [-0.2, 0) is 0 Å². The summed E-state index contributed by atoms with van der Waals surface area (Å²) in [4.78, 5) is 0. The van der Waals surface area contributed by atoms with Gasteiger partial charge in [-0.05, 0) is 43.0 Å². The largest absolute Gasteiger partial charge is 0.507 e. The summed E-state index contributed by atoms with van der Waals surface area (Å²) in [6, 6.07) is 5.18. The van der Waals surface area contributed by atoms with Crippen molar-refractivity contribution in [3.8, 4) is 5.75 Å². The third-order valence-electron chi connectivity index (χ3n) is 2.35. The predicted octanol–water partition coefficient (Wildman–Crippen LogP) is 3.61. The second-order valence-corrected chi connectivity index (χ2v) is 3.72. The number of rotatable bonds is 1. The molecule has 2 rings (SSSR count). The van der Waals surface area contributed by atoms with E-state index in [1.165, 1.54) is 12.0 Å². The quantitative estimate of drug-likeness (QED) is 0.724. The van der Waals surface area contributed by atoms with Crippen molar-refractivity contribution in [3.05, 3.63) is 34.9 Å². The molecule has 68 valence electrons. The monoisotopic (exact) mass is 194 g/mol. The summed E-state index contributed by atoms with van der Waals surface area (Å²) in [7, 11) is 0. The van der Waals surface area contributed by atoms with Gasteiger partial charge in [0.1, 0.15) is 5.75 Å². The van der Waals surface area contributed by atoms with Gasteiger partial charge in [0, 0.05) is 10.6 Å². The number of allylic oxidation sites excluding steroid dienone is 2. The molecule has 0 amide bonds. The third kappa shape index (κ3) is 1.70. The first-order valence-corrected chi connectivity index (χ1v) is 4.83. The first-order valence-electron chi connectivity index (χ1n) is 4.45. The fourth-order valence-corrected chi connectivity index (χ4v) is 1.85. The Hall–Kier alpha value is -0.950. The summed E-state index contributed by atoms with van der Waals surface area (Å²) in [5.41, 5.74) is 2.12. The Labute approximate surface area is 82.7 Å². The normalized spacial score (nSPS) is 15.9. The van der Waals surface area contributed by atoms with E-state index in [4.69, 9.17) is 11.6 Å². The Morgan fingerprint density at radius 1 is 1.31 bits per heavy atom. The molecule has 1 nitrogen and oxygen atoms in total. The lowest BCUT2D eigenvalue weighted by Gasteiger charge is -2.05. The molecule has 1 aromatic carbocycles. The third-order valence-corrected chi connectivity index (χ3v) is 2.58. The summed E-state index contributed by atoms with van der Waals surface area (Å²) in [6.45, 7) is 0. The first-order chi connectivity index (χ1) is 6.27. The molecule has 1 aliphatic carbocycles. The van der Waals surface area contributed by atoms with E-state index in [-0.39, 0.29) is 0 Å². The summed E-state index contributed by atoms with van der Waals surface area (Å²) in [6.07, 6.45) is 5.52. The Morgan fingerprint density at radius 2 is 2.15 bits per heavy atom. The zero-order valence-electron chi connectivity index (χ0n) is 7.26. The molecule has 0 fully saturated rings. The van der Waals surface area contributed by atoms with Crippen molar-refractivity contribution in [1.29, 1.82) is 0 Å². The van der Waals surface area contributed by atoms with E-state index in [2.05, 4.69) is 6.08 Å². The van der Waals surface area contributed by atoms with Crippen LogP contribution in [-0.4, -0.2) is 5.11 Å². The summed E-state index contributed by atoms with van der Waals surface area (Å²) in [5.74, 6) is 0.331. The molecule has 0 radical (unpaired) electrons. The summed E-state index contributed by atoms with van der Waals surface area (Å²) in [5, 5.41) is 10.3. The van der Waals surface area contributed by atoms with Gasteiger partial charge in [-0.2, -0.15) is 0 Å². The lowest BCUT2D eigenvalue weighted by molar-refractivity contribution is 0.473. The molecule has 0 aliphatic heterocycles. The molecule has 0 atom stereocenters. The fraction of sp³-hybridized carbons (Fsp3) is 0.273. The minimum atomic E-state index is 0.331. The van der Waals surface area contributed by atoms with Gasteiger partial charge in [0.2, 0.25) is 0 Å². The molecule has 1 aliphatic rings. The molecule has 13 heavy (non-hydrogen) atoms. The number of benzene rings is 1. The van der Waals surface area contributed by atoms with E-state index in [0.29, 0.717) is 10.8 Å². The van der Waals surface area contributed by atoms with Crippen LogP contribution in [0.15, 0.2) is 24.3 Å². The van der Waals surface area contributed by atoms with Crippen LogP contribution in [0.1, 0.15) is 24.8 Å². The number of hydrogen-bond acceptors (Lipinski definition) is 1. The highest BCUT2D eigenvalue weighted by molar-refractivity contribution is 6.30. The van der Waals surface area contributed by atoms with E-state index in [9.17, 15) is 5.11 Å². The predicted molar refractivity (Wildman–Crippen MR) is 54.9 cm³/mol. The van der Waals surface area contributed by atoms with Crippen molar-refractivity contribution in [2.75, 3.05) is 0 Å². The van der Waals surface area contributed by atoms with Gasteiger partial charge in [0.25, 0.3) is 0 Å². The summed E-state index contributed by atoms with van der Waals surface area (Å²) >= 11 is 5.86. The van der Waals surface area contributed by atoms with Crippen molar-refractivity contribution in [1.82, 2.24) is 0 Å². The molecule has 0 unspecified atom stereocenters. The zero-order valence-corrected chi connectivity index (χ0v) is 8.01. The van der Waals surface area contributed by atoms with Crippen molar-refractivity contribution in [3.63, 3.8) is 0 Å². The van der Waals surface area contributed by atoms with Crippen LogP contribution >= 0.6 is 11.6 Å². The van der Waals surface area contributed by atoms with E-state index in [1.54, 1.807) is 12.1 Å². The van der Waals surface area contributed by atoms with Crippen molar-refractivity contribution in [2.45, 2.75) is 19.3 Å². The van der Waals surface area contributed by atoms with Crippen LogP contribution in [0.25, 0.3) is 5.57 Å². The molecular weight excluding hydrogens is 184 g/mol. The molecule has 0 heterocycles. The maximum absolute atomic E-state index is 9.60. The minimum absolute atomic E-state index is 0.331. The van der Waals surface area contributed by atoms with Gasteiger partial charge in [-0.15, -0.1) is 0 Å². The van der Waals surface area contributed by atoms with Crippen LogP contribution < -0.4 is 0 Å². The molecule has 2 heteroatoms. The molecule has 0 saturated carbocycles. The molecule has 0 saturated heterocycles. The first kappa shape index (κ1) is 8.64. The smallest absolute Gasteiger partial charge is 0.123 e. The second-order valence-electron chi connectivity index (χ2n) is 3.28. The number of hydrogen-bond donors (Lipinski definition) is 1. The standard InChI is InChI=1S/C11H11ClO/c12-9-5-6-11(13)10(7-9)8-3-1-2-4-8/h3,5-7,13H,1-2,4H2. The van der Waals surface area contributed by atoms with Crippen LogP contribution in [0.4, 0.5) is 0 Å². The molecular formula is C11H11ClO. The maximum Gasteiger partial charge on any atom is 0.123 e. The molecule has 0 spiro atoms.